The Morgan fingerprint density at radius 1 is 1.41 bits per heavy atom. The summed E-state index contributed by atoms with van der Waals surface area (Å²) in [5.74, 6) is 0.794. The molecule has 92 valence electrons. The molecular formula is C12H18N4O. The van der Waals surface area contributed by atoms with Gasteiger partial charge < -0.3 is 20.8 Å². The fourth-order valence-corrected chi connectivity index (χ4v) is 1.69. The van der Waals surface area contributed by atoms with E-state index in [9.17, 15) is 0 Å². The van der Waals surface area contributed by atoms with Crippen molar-refractivity contribution in [2.45, 2.75) is 12.8 Å². The number of aromatic amines is 1. The molecule has 0 amide bonds. The lowest BCUT2D eigenvalue weighted by Gasteiger charge is -2.01. The standard InChI is InChI=1S/C12H18N4O/c1-17-7-3-2-6-14-12-15-10-5-4-9(13)8-11(10)16-12/h4-5,8H,2-3,6-7,13H2,1H3,(H2,14,15,16). The Balaban J connectivity index is 1.91. The number of nitrogens with zero attached hydrogens (tertiary/aromatic N) is 1. The third kappa shape index (κ3) is 3.10. The Morgan fingerprint density at radius 2 is 2.29 bits per heavy atom. The van der Waals surface area contributed by atoms with Crippen LogP contribution in [0.1, 0.15) is 12.8 Å². The van der Waals surface area contributed by atoms with E-state index in [1.54, 1.807) is 7.11 Å². The first kappa shape index (κ1) is 11.7. The SMILES string of the molecule is COCCCCNc1nc2ccc(N)cc2[nH]1. The van der Waals surface area contributed by atoms with Crippen molar-refractivity contribution in [1.82, 2.24) is 9.97 Å². The summed E-state index contributed by atoms with van der Waals surface area (Å²) < 4.78 is 4.99. The van der Waals surface area contributed by atoms with Crippen molar-refractivity contribution in [2.24, 2.45) is 0 Å². The molecule has 2 rings (SSSR count). The van der Waals surface area contributed by atoms with Gasteiger partial charge in [-0.1, -0.05) is 0 Å². The first-order valence-corrected chi connectivity index (χ1v) is 5.77. The van der Waals surface area contributed by atoms with Crippen LogP contribution in [0, 0.1) is 0 Å². The van der Waals surface area contributed by atoms with Crippen LogP contribution in [-0.2, 0) is 4.74 Å². The van der Waals surface area contributed by atoms with Gasteiger partial charge in [-0.3, -0.25) is 0 Å². The van der Waals surface area contributed by atoms with E-state index in [1.807, 2.05) is 18.2 Å². The van der Waals surface area contributed by atoms with Crippen molar-refractivity contribution in [2.75, 3.05) is 31.3 Å². The number of rotatable bonds is 6. The average molecular weight is 234 g/mol. The van der Waals surface area contributed by atoms with Crippen LogP contribution in [0.3, 0.4) is 0 Å². The molecule has 0 aliphatic rings. The molecular weight excluding hydrogens is 216 g/mol. The molecule has 0 fully saturated rings. The minimum Gasteiger partial charge on any atom is -0.399 e. The maximum absolute atomic E-state index is 5.71. The molecule has 0 radical (unpaired) electrons. The van der Waals surface area contributed by atoms with E-state index in [2.05, 4.69) is 15.3 Å². The van der Waals surface area contributed by atoms with Gasteiger partial charge in [-0.15, -0.1) is 0 Å². The molecule has 17 heavy (non-hydrogen) atoms. The molecule has 0 saturated heterocycles. The van der Waals surface area contributed by atoms with E-state index >= 15 is 0 Å². The molecule has 0 spiro atoms. The molecule has 1 heterocycles. The fraction of sp³-hybridized carbons (Fsp3) is 0.417. The van der Waals surface area contributed by atoms with E-state index in [1.165, 1.54) is 0 Å². The number of ether oxygens (including phenoxy) is 1. The molecule has 2 aromatic rings. The van der Waals surface area contributed by atoms with Crippen molar-refractivity contribution in [3.8, 4) is 0 Å². The minimum absolute atomic E-state index is 0.743. The minimum atomic E-state index is 0.743. The summed E-state index contributed by atoms with van der Waals surface area (Å²) >= 11 is 0. The molecule has 0 aliphatic carbocycles. The average Bonchev–Trinajstić information content (AvgIpc) is 2.70. The predicted octanol–water partition coefficient (Wildman–Crippen LogP) is 1.98. The third-order valence-electron chi connectivity index (χ3n) is 2.57. The lowest BCUT2D eigenvalue weighted by molar-refractivity contribution is 0.193. The predicted molar refractivity (Wildman–Crippen MR) is 70.1 cm³/mol. The highest BCUT2D eigenvalue weighted by Gasteiger charge is 2.01. The van der Waals surface area contributed by atoms with E-state index < -0.39 is 0 Å². The van der Waals surface area contributed by atoms with Crippen LogP contribution < -0.4 is 11.1 Å². The van der Waals surface area contributed by atoms with Crippen LogP contribution in [0.5, 0.6) is 0 Å². The number of fused-ring (bicyclic) bond motifs is 1. The Kier molecular flexibility index (Phi) is 3.82. The second kappa shape index (κ2) is 5.54. The van der Waals surface area contributed by atoms with Crippen molar-refractivity contribution in [3.05, 3.63) is 18.2 Å². The summed E-state index contributed by atoms with van der Waals surface area (Å²) in [5, 5.41) is 3.25. The van der Waals surface area contributed by atoms with Crippen molar-refractivity contribution < 1.29 is 4.74 Å². The molecule has 0 unspecified atom stereocenters. The summed E-state index contributed by atoms with van der Waals surface area (Å²) in [4.78, 5) is 7.61. The lowest BCUT2D eigenvalue weighted by atomic mass is 10.3. The highest BCUT2D eigenvalue weighted by atomic mass is 16.5. The second-order valence-electron chi connectivity index (χ2n) is 3.99. The number of hydrogen-bond acceptors (Lipinski definition) is 4. The molecule has 4 N–H and O–H groups in total. The number of H-pyrrole nitrogens is 1. The second-order valence-corrected chi connectivity index (χ2v) is 3.99. The maximum Gasteiger partial charge on any atom is 0.201 e. The Morgan fingerprint density at radius 3 is 3.12 bits per heavy atom. The quantitative estimate of drug-likeness (QED) is 0.527. The summed E-state index contributed by atoms with van der Waals surface area (Å²) in [7, 11) is 1.72. The third-order valence-corrected chi connectivity index (χ3v) is 2.57. The molecule has 1 aromatic heterocycles. The molecule has 1 aromatic carbocycles. The largest absolute Gasteiger partial charge is 0.399 e. The molecule has 5 nitrogen and oxygen atoms in total. The number of benzene rings is 1. The highest BCUT2D eigenvalue weighted by Crippen LogP contribution is 2.16. The molecule has 0 aliphatic heterocycles. The Labute approximate surface area is 100 Å². The van der Waals surface area contributed by atoms with Gasteiger partial charge in [0.2, 0.25) is 5.95 Å². The van der Waals surface area contributed by atoms with Gasteiger partial charge in [-0.05, 0) is 31.0 Å². The molecule has 5 heteroatoms. The number of hydrogen-bond donors (Lipinski definition) is 3. The van der Waals surface area contributed by atoms with Gasteiger partial charge in [0.25, 0.3) is 0 Å². The van der Waals surface area contributed by atoms with Crippen LogP contribution in [0.2, 0.25) is 0 Å². The Hall–Kier alpha value is -1.75. The van der Waals surface area contributed by atoms with Crippen LogP contribution in [0.15, 0.2) is 18.2 Å². The summed E-state index contributed by atoms with van der Waals surface area (Å²) in [6.07, 6.45) is 2.11. The number of imidazole rings is 1. The zero-order valence-electron chi connectivity index (χ0n) is 9.99. The number of nitrogens with two attached hydrogens (primary N) is 1. The van der Waals surface area contributed by atoms with E-state index in [0.717, 1.165) is 48.7 Å². The first-order chi connectivity index (χ1) is 8.29. The molecule has 0 atom stereocenters. The van der Waals surface area contributed by atoms with Crippen molar-refractivity contribution in [3.63, 3.8) is 0 Å². The fourth-order valence-electron chi connectivity index (χ4n) is 1.69. The maximum atomic E-state index is 5.71. The normalized spacial score (nSPS) is 10.9. The summed E-state index contributed by atoms with van der Waals surface area (Å²) in [6.45, 7) is 1.69. The lowest BCUT2D eigenvalue weighted by Crippen LogP contribution is -2.04. The van der Waals surface area contributed by atoms with Crippen LogP contribution in [-0.4, -0.2) is 30.2 Å². The van der Waals surface area contributed by atoms with Crippen molar-refractivity contribution in [1.29, 1.82) is 0 Å². The monoisotopic (exact) mass is 234 g/mol. The van der Waals surface area contributed by atoms with Crippen LogP contribution in [0.4, 0.5) is 11.6 Å². The van der Waals surface area contributed by atoms with Gasteiger partial charge in [-0.25, -0.2) is 4.98 Å². The topological polar surface area (TPSA) is 76.0 Å². The number of aromatic nitrogens is 2. The molecule has 0 bridgehead atoms. The Bertz CT molecular complexity index is 480. The summed E-state index contributed by atoms with van der Waals surface area (Å²) in [6, 6.07) is 5.65. The number of methoxy groups -OCH3 is 1. The van der Waals surface area contributed by atoms with E-state index in [-0.39, 0.29) is 0 Å². The first-order valence-electron chi connectivity index (χ1n) is 5.77. The number of nitrogen functional groups attached to an aromatic ring is 1. The van der Waals surface area contributed by atoms with Gasteiger partial charge in [0.15, 0.2) is 0 Å². The van der Waals surface area contributed by atoms with Gasteiger partial charge in [0.1, 0.15) is 0 Å². The van der Waals surface area contributed by atoms with Gasteiger partial charge in [0, 0.05) is 25.9 Å². The van der Waals surface area contributed by atoms with E-state index in [4.69, 9.17) is 10.5 Å². The van der Waals surface area contributed by atoms with Gasteiger partial charge in [-0.2, -0.15) is 0 Å². The van der Waals surface area contributed by atoms with E-state index in [0.29, 0.717) is 0 Å². The smallest absolute Gasteiger partial charge is 0.201 e. The van der Waals surface area contributed by atoms with Gasteiger partial charge >= 0.3 is 0 Å². The zero-order chi connectivity index (χ0) is 12.1. The highest BCUT2D eigenvalue weighted by molar-refractivity contribution is 5.80. The van der Waals surface area contributed by atoms with Crippen LogP contribution >= 0.6 is 0 Å². The van der Waals surface area contributed by atoms with Crippen LogP contribution in [0.25, 0.3) is 11.0 Å². The number of anilines is 2. The zero-order valence-corrected chi connectivity index (χ0v) is 9.99. The number of unbranched alkanes of at least 4 members (excludes halogenated alkanes) is 1. The molecule has 0 saturated carbocycles. The number of nitrogens with one attached hydrogen (secondary N) is 2. The summed E-state index contributed by atoms with van der Waals surface area (Å²) in [5.41, 5.74) is 8.34. The van der Waals surface area contributed by atoms with Crippen molar-refractivity contribution >= 4 is 22.7 Å². The van der Waals surface area contributed by atoms with Gasteiger partial charge in [0.05, 0.1) is 11.0 Å².